The van der Waals surface area contributed by atoms with E-state index >= 15 is 0 Å². The first kappa shape index (κ1) is 19.8. The fraction of sp³-hybridized carbons (Fsp3) is 0.190. The smallest absolute Gasteiger partial charge is 0.200 e. The molecule has 0 radical (unpaired) electrons. The molecule has 0 bridgehead atoms. The molecular weight excluding hydrogens is 382 g/mol. The number of carbonyl (C=O) groups excluding carboxylic acids is 1. The number of fused-ring (bicyclic) bond motifs is 2. The molecule has 0 saturated heterocycles. The zero-order chi connectivity index (χ0) is 19.1. The lowest BCUT2D eigenvalue weighted by Gasteiger charge is -2.12. The molecule has 0 aliphatic rings. The molecule has 2 heterocycles. The first-order chi connectivity index (χ1) is 13.0. The van der Waals surface area contributed by atoms with Crippen LogP contribution in [0.1, 0.15) is 21.5 Å². The molecule has 0 unspecified atom stereocenters. The number of aromatic hydroxyl groups is 1. The number of furan rings is 2. The predicted molar refractivity (Wildman–Crippen MR) is 109 cm³/mol. The quantitative estimate of drug-likeness (QED) is 0.492. The minimum absolute atomic E-state index is 0. The van der Waals surface area contributed by atoms with Crippen molar-refractivity contribution in [2.24, 2.45) is 0 Å². The number of benzene rings is 2. The number of phenols is 1. The third-order valence-corrected chi connectivity index (χ3v) is 4.57. The lowest BCUT2D eigenvalue weighted by atomic mass is 9.98. The van der Waals surface area contributed by atoms with Gasteiger partial charge in [0.05, 0.1) is 18.2 Å². The summed E-state index contributed by atoms with van der Waals surface area (Å²) >= 11 is 0. The summed E-state index contributed by atoms with van der Waals surface area (Å²) in [5, 5.41) is 11.6. The molecule has 28 heavy (non-hydrogen) atoms. The van der Waals surface area contributed by atoms with Crippen LogP contribution in [0.4, 0.5) is 0 Å². The molecule has 0 fully saturated rings. The summed E-state index contributed by atoms with van der Waals surface area (Å²) in [5.74, 6) is 0.540. The number of hydrogen-bond acceptors (Lipinski definition) is 6. The summed E-state index contributed by atoms with van der Waals surface area (Å²) in [4.78, 5) is 15.2. The zero-order valence-electron chi connectivity index (χ0n) is 15.7. The van der Waals surface area contributed by atoms with Crippen LogP contribution in [0.15, 0.2) is 51.7 Å². The summed E-state index contributed by atoms with van der Waals surface area (Å²) in [6.07, 6.45) is 2.88. The lowest BCUT2D eigenvalue weighted by molar-refractivity contribution is 0.104. The van der Waals surface area contributed by atoms with Crippen molar-refractivity contribution in [1.29, 1.82) is 0 Å². The third-order valence-electron chi connectivity index (χ3n) is 4.57. The van der Waals surface area contributed by atoms with E-state index in [9.17, 15) is 9.90 Å². The standard InChI is InChI=1S/C21H19NO5.ClH/c1-22(2)9-14-17(23)5-7-19-20(14)16(11-27-19)21(24)15-10-26-18-6-4-12(25-3)8-13(15)18;/h4-8,10-11,23H,9H2,1-3H3;1H. The summed E-state index contributed by atoms with van der Waals surface area (Å²) in [6.45, 7) is 0.475. The molecule has 0 spiro atoms. The van der Waals surface area contributed by atoms with Gasteiger partial charge in [-0.3, -0.25) is 4.79 Å². The van der Waals surface area contributed by atoms with Crippen molar-refractivity contribution < 1.29 is 23.5 Å². The van der Waals surface area contributed by atoms with Crippen molar-refractivity contribution in [2.45, 2.75) is 6.54 Å². The minimum atomic E-state index is -0.230. The lowest BCUT2D eigenvalue weighted by Crippen LogP contribution is -2.12. The van der Waals surface area contributed by atoms with E-state index < -0.39 is 0 Å². The Morgan fingerprint density at radius 2 is 1.75 bits per heavy atom. The van der Waals surface area contributed by atoms with Crippen LogP contribution in [0.3, 0.4) is 0 Å². The largest absolute Gasteiger partial charge is 0.508 e. The summed E-state index contributed by atoms with van der Waals surface area (Å²) in [5.41, 5.74) is 2.62. The summed E-state index contributed by atoms with van der Waals surface area (Å²) in [7, 11) is 5.37. The van der Waals surface area contributed by atoms with Crippen molar-refractivity contribution in [1.82, 2.24) is 4.90 Å². The van der Waals surface area contributed by atoms with Gasteiger partial charge in [0.1, 0.15) is 35.2 Å². The number of phenolic OH excluding ortho intramolecular Hbond substituents is 1. The zero-order valence-corrected chi connectivity index (χ0v) is 16.5. The van der Waals surface area contributed by atoms with E-state index in [-0.39, 0.29) is 23.9 Å². The third kappa shape index (κ3) is 3.21. The van der Waals surface area contributed by atoms with Crippen molar-refractivity contribution in [3.8, 4) is 11.5 Å². The van der Waals surface area contributed by atoms with Gasteiger partial charge in [-0.15, -0.1) is 12.4 Å². The van der Waals surface area contributed by atoms with Gasteiger partial charge in [-0.25, -0.2) is 0 Å². The van der Waals surface area contributed by atoms with Crippen molar-refractivity contribution in [3.63, 3.8) is 0 Å². The van der Waals surface area contributed by atoms with Crippen molar-refractivity contribution in [2.75, 3.05) is 21.2 Å². The van der Waals surface area contributed by atoms with Gasteiger partial charge in [-0.05, 0) is 44.4 Å². The van der Waals surface area contributed by atoms with E-state index in [0.717, 1.165) is 0 Å². The maximum Gasteiger partial charge on any atom is 0.200 e. The Kier molecular flexibility index (Phi) is 5.36. The summed E-state index contributed by atoms with van der Waals surface area (Å²) < 4.78 is 16.4. The van der Waals surface area contributed by atoms with Crippen LogP contribution in [-0.2, 0) is 6.54 Å². The van der Waals surface area contributed by atoms with Gasteiger partial charge in [0.2, 0.25) is 5.78 Å². The second kappa shape index (κ2) is 7.58. The van der Waals surface area contributed by atoms with Gasteiger partial charge in [0, 0.05) is 22.9 Å². The number of ketones is 1. The van der Waals surface area contributed by atoms with E-state index in [2.05, 4.69) is 0 Å². The molecule has 0 amide bonds. The van der Waals surface area contributed by atoms with Gasteiger partial charge < -0.3 is 23.6 Å². The van der Waals surface area contributed by atoms with Crippen molar-refractivity contribution >= 4 is 40.1 Å². The molecule has 0 aliphatic heterocycles. The number of hydrogen-bond donors (Lipinski definition) is 1. The molecule has 0 aliphatic carbocycles. The van der Waals surface area contributed by atoms with E-state index in [4.69, 9.17) is 13.6 Å². The average Bonchev–Trinajstić information content (AvgIpc) is 3.27. The highest BCUT2D eigenvalue weighted by molar-refractivity contribution is 6.21. The Hall–Kier alpha value is -2.96. The molecule has 0 atom stereocenters. The summed E-state index contributed by atoms with van der Waals surface area (Å²) in [6, 6.07) is 8.56. The van der Waals surface area contributed by atoms with Crippen LogP contribution in [-0.4, -0.2) is 37.0 Å². The van der Waals surface area contributed by atoms with Crippen LogP contribution in [0, 0.1) is 0 Å². The van der Waals surface area contributed by atoms with Crippen LogP contribution >= 0.6 is 12.4 Å². The Balaban J connectivity index is 0.00000225. The van der Waals surface area contributed by atoms with Crippen LogP contribution in [0.2, 0.25) is 0 Å². The molecule has 7 heteroatoms. The second-order valence-electron chi connectivity index (χ2n) is 6.66. The Labute approximate surface area is 167 Å². The van der Waals surface area contributed by atoms with Gasteiger partial charge in [0.25, 0.3) is 0 Å². The first-order valence-electron chi connectivity index (χ1n) is 8.46. The Morgan fingerprint density at radius 3 is 2.46 bits per heavy atom. The van der Waals surface area contributed by atoms with E-state index in [1.807, 2.05) is 19.0 Å². The van der Waals surface area contributed by atoms with E-state index in [1.54, 1.807) is 37.4 Å². The van der Waals surface area contributed by atoms with Gasteiger partial charge in [0.15, 0.2) is 0 Å². The van der Waals surface area contributed by atoms with Gasteiger partial charge in [-0.1, -0.05) is 0 Å². The number of ether oxygens (including phenoxy) is 1. The number of methoxy groups -OCH3 is 1. The number of nitrogens with zero attached hydrogens (tertiary/aromatic N) is 1. The van der Waals surface area contributed by atoms with E-state index in [0.29, 0.717) is 50.9 Å². The molecule has 1 N–H and O–H groups in total. The highest BCUT2D eigenvalue weighted by atomic mass is 35.5. The molecular formula is C21H20ClNO5. The minimum Gasteiger partial charge on any atom is -0.508 e. The van der Waals surface area contributed by atoms with Crippen LogP contribution in [0.25, 0.3) is 21.9 Å². The first-order valence-corrected chi connectivity index (χ1v) is 8.46. The predicted octanol–water partition coefficient (Wildman–Crippen LogP) is 4.61. The SMILES string of the molecule is COc1ccc2occ(C(=O)c3coc4ccc(O)c(CN(C)C)c34)c2c1.Cl. The normalized spacial score (nSPS) is 11.1. The highest BCUT2D eigenvalue weighted by Gasteiger charge is 2.23. The fourth-order valence-corrected chi connectivity index (χ4v) is 3.29. The molecule has 2 aromatic carbocycles. The van der Waals surface area contributed by atoms with Crippen LogP contribution < -0.4 is 4.74 Å². The van der Waals surface area contributed by atoms with E-state index in [1.165, 1.54) is 12.5 Å². The Morgan fingerprint density at radius 1 is 1.07 bits per heavy atom. The van der Waals surface area contributed by atoms with Crippen molar-refractivity contribution in [3.05, 3.63) is 59.5 Å². The maximum absolute atomic E-state index is 13.3. The second-order valence-corrected chi connectivity index (χ2v) is 6.66. The molecule has 4 rings (SSSR count). The van der Waals surface area contributed by atoms with Gasteiger partial charge in [-0.2, -0.15) is 0 Å². The number of rotatable bonds is 5. The highest BCUT2D eigenvalue weighted by Crippen LogP contribution is 2.35. The molecule has 4 aromatic rings. The van der Waals surface area contributed by atoms with Crippen LogP contribution in [0.5, 0.6) is 11.5 Å². The number of carbonyl (C=O) groups is 1. The Bertz CT molecular complexity index is 1160. The van der Waals surface area contributed by atoms with Gasteiger partial charge >= 0.3 is 0 Å². The average molecular weight is 402 g/mol. The fourth-order valence-electron chi connectivity index (χ4n) is 3.29. The molecule has 6 nitrogen and oxygen atoms in total. The molecule has 0 saturated carbocycles. The molecule has 146 valence electrons. The molecule has 2 aromatic heterocycles. The topological polar surface area (TPSA) is 76.0 Å². The number of halogens is 1. The maximum atomic E-state index is 13.3. The monoisotopic (exact) mass is 401 g/mol.